The molecule has 0 saturated carbocycles. The van der Waals surface area contributed by atoms with Crippen molar-refractivity contribution in [2.45, 2.75) is 38.1 Å². The van der Waals surface area contributed by atoms with E-state index in [-0.39, 0.29) is 16.9 Å². The van der Waals surface area contributed by atoms with Crippen LogP contribution in [0.2, 0.25) is 4.34 Å². The maximum atomic E-state index is 11.5. The van der Waals surface area contributed by atoms with Gasteiger partial charge in [0, 0.05) is 22.3 Å². The summed E-state index contributed by atoms with van der Waals surface area (Å²) in [5.41, 5.74) is -0.361. The Morgan fingerprint density at radius 3 is 2.47 bits per heavy atom. The second-order valence-corrected chi connectivity index (χ2v) is 6.50. The van der Waals surface area contributed by atoms with Crippen molar-refractivity contribution in [2.24, 2.45) is 0 Å². The number of carbonyl (C=O) groups excluding carboxylic acids is 1. The molecular formula is C11H14ClNOS. The molecule has 1 atom stereocenters. The molecule has 1 amide bonds. The van der Waals surface area contributed by atoms with Crippen molar-refractivity contribution in [3.8, 4) is 0 Å². The topological polar surface area (TPSA) is 29.1 Å². The van der Waals surface area contributed by atoms with Gasteiger partial charge in [-0.15, -0.1) is 11.3 Å². The fourth-order valence-electron chi connectivity index (χ4n) is 2.08. The molecule has 0 spiro atoms. The molecule has 0 radical (unpaired) electrons. The fraction of sp³-hybridized carbons (Fsp3) is 0.545. The van der Waals surface area contributed by atoms with Gasteiger partial charge in [0.2, 0.25) is 5.91 Å². The molecule has 2 heterocycles. The molecule has 0 aliphatic carbocycles. The smallest absolute Gasteiger partial charge is 0.221 e. The first-order chi connectivity index (χ1) is 6.85. The van der Waals surface area contributed by atoms with Gasteiger partial charge in [0.25, 0.3) is 0 Å². The van der Waals surface area contributed by atoms with Crippen LogP contribution in [0.15, 0.2) is 12.1 Å². The van der Waals surface area contributed by atoms with E-state index in [1.54, 1.807) is 11.3 Å². The Morgan fingerprint density at radius 2 is 2.07 bits per heavy atom. The summed E-state index contributed by atoms with van der Waals surface area (Å²) < 4.78 is 0.779. The molecule has 1 unspecified atom stereocenters. The van der Waals surface area contributed by atoms with E-state index >= 15 is 0 Å². The molecule has 2 rings (SSSR count). The number of hydrogen-bond acceptors (Lipinski definition) is 2. The Hall–Kier alpha value is -0.540. The van der Waals surface area contributed by atoms with Crippen molar-refractivity contribution in [1.29, 1.82) is 0 Å². The highest BCUT2D eigenvalue weighted by atomic mass is 35.5. The van der Waals surface area contributed by atoms with Crippen molar-refractivity contribution in [1.82, 2.24) is 5.32 Å². The average Bonchev–Trinajstić information content (AvgIpc) is 2.56. The summed E-state index contributed by atoms with van der Waals surface area (Å²) >= 11 is 7.50. The molecule has 4 heteroatoms. The standard InChI is InChI=1S/C11H14ClNOS/c1-10(2)11(3,6-9(14)13-10)7-4-5-8(12)15-7/h4-5H,6H2,1-3H3,(H,13,14). The number of nitrogens with one attached hydrogen (secondary N) is 1. The second-order valence-electron chi connectivity index (χ2n) is 4.79. The molecule has 0 aromatic carbocycles. The van der Waals surface area contributed by atoms with Crippen molar-refractivity contribution in [3.63, 3.8) is 0 Å². The summed E-state index contributed by atoms with van der Waals surface area (Å²) in [4.78, 5) is 12.7. The van der Waals surface area contributed by atoms with Crippen molar-refractivity contribution < 1.29 is 4.79 Å². The molecule has 1 aromatic heterocycles. The van der Waals surface area contributed by atoms with E-state index < -0.39 is 0 Å². The first-order valence-electron chi connectivity index (χ1n) is 4.92. The monoisotopic (exact) mass is 243 g/mol. The minimum absolute atomic E-state index is 0.118. The number of halogens is 1. The minimum atomic E-state index is -0.210. The first kappa shape index (κ1) is 11.0. The van der Waals surface area contributed by atoms with E-state index in [9.17, 15) is 4.79 Å². The summed E-state index contributed by atoms with van der Waals surface area (Å²) in [5, 5.41) is 3.02. The van der Waals surface area contributed by atoms with Crippen LogP contribution in [0.25, 0.3) is 0 Å². The summed E-state index contributed by atoms with van der Waals surface area (Å²) in [5.74, 6) is 0.118. The van der Waals surface area contributed by atoms with E-state index in [1.165, 1.54) is 4.88 Å². The molecule has 1 saturated heterocycles. The lowest BCUT2D eigenvalue weighted by atomic mass is 9.73. The van der Waals surface area contributed by atoms with Gasteiger partial charge in [-0.2, -0.15) is 0 Å². The zero-order valence-electron chi connectivity index (χ0n) is 9.06. The molecule has 82 valence electrons. The van der Waals surface area contributed by atoms with Crippen LogP contribution in [0.5, 0.6) is 0 Å². The van der Waals surface area contributed by atoms with Crippen molar-refractivity contribution in [2.75, 3.05) is 0 Å². The lowest BCUT2D eigenvalue weighted by Crippen LogP contribution is -2.47. The van der Waals surface area contributed by atoms with Crippen molar-refractivity contribution >= 4 is 28.8 Å². The second kappa shape index (κ2) is 3.22. The van der Waals surface area contributed by atoms with Gasteiger partial charge in [-0.1, -0.05) is 18.5 Å². The number of amides is 1. The SMILES string of the molecule is CC1(C)NC(=O)CC1(C)c1ccc(Cl)s1. The summed E-state index contributed by atoms with van der Waals surface area (Å²) in [6.45, 7) is 6.24. The number of rotatable bonds is 1. The molecule has 1 aliphatic heterocycles. The number of carbonyl (C=O) groups is 1. The number of hydrogen-bond donors (Lipinski definition) is 1. The zero-order chi connectivity index (χ0) is 11.3. The predicted octanol–water partition coefficient (Wildman–Crippen LogP) is 2.96. The zero-order valence-corrected chi connectivity index (χ0v) is 10.6. The largest absolute Gasteiger partial charge is 0.350 e. The highest BCUT2D eigenvalue weighted by molar-refractivity contribution is 7.16. The molecule has 1 aromatic rings. The lowest BCUT2D eigenvalue weighted by Gasteiger charge is -2.36. The highest BCUT2D eigenvalue weighted by Gasteiger charge is 2.50. The van der Waals surface area contributed by atoms with Crippen LogP contribution in [0.1, 0.15) is 32.1 Å². The minimum Gasteiger partial charge on any atom is -0.350 e. The van der Waals surface area contributed by atoms with Gasteiger partial charge in [-0.3, -0.25) is 4.79 Å². The van der Waals surface area contributed by atoms with E-state index in [2.05, 4.69) is 26.1 Å². The summed E-state index contributed by atoms with van der Waals surface area (Å²) in [6.07, 6.45) is 0.539. The Kier molecular flexibility index (Phi) is 2.36. The molecule has 1 aliphatic rings. The van der Waals surface area contributed by atoms with Gasteiger partial charge in [-0.25, -0.2) is 0 Å². The maximum absolute atomic E-state index is 11.5. The van der Waals surface area contributed by atoms with Gasteiger partial charge in [0.15, 0.2) is 0 Å². The Bertz CT molecular complexity index is 412. The van der Waals surface area contributed by atoms with Gasteiger partial charge >= 0.3 is 0 Å². The van der Waals surface area contributed by atoms with Crippen LogP contribution in [-0.4, -0.2) is 11.4 Å². The Labute approximate surface area is 98.6 Å². The van der Waals surface area contributed by atoms with Gasteiger partial charge in [0.05, 0.1) is 4.34 Å². The Morgan fingerprint density at radius 1 is 1.40 bits per heavy atom. The molecule has 2 nitrogen and oxygen atoms in total. The number of thiophene rings is 1. The molecule has 15 heavy (non-hydrogen) atoms. The van der Waals surface area contributed by atoms with E-state index in [1.807, 2.05) is 12.1 Å². The van der Waals surface area contributed by atoms with Crippen LogP contribution in [-0.2, 0) is 10.2 Å². The van der Waals surface area contributed by atoms with E-state index in [4.69, 9.17) is 11.6 Å². The first-order valence-corrected chi connectivity index (χ1v) is 6.11. The fourth-order valence-corrected chi connectivity index (χ4v) is 3.43. The third-order valence-electron chi connectivity index (χ3n) is 3.46. The molecule has 0 bridgehead atoms. The lowest BCUT2D eigenvalue weighted by molar-refractivity contribution is -0.119. The average molecular weight is 244 g/mol. The van der Waals surface area contributed by atoms with Crippen LogP contribution in [0.3, 0.4) is 0 Å². The van der Waals surface area contributed by atoms with Gasteiger partial charge in [0.1, 0.15) is 0 Å². The van der Waals surface area contributed by atoms with E-state index in [0.717, 1.165) is 4.34 Å². The van der Waals surface area contributed by atoms with Gasteiger partial charge in [-0.05, 0) is 26.0 Å². The van der Waals surface area contributed by atoms with Crippen LogP contribution in [0.4, 0.5) is 0 Å². The van der Waals surface area contributed by atoms with Crippen molar-refractivity contribution in [3.05, 3.63) is 21.3 Å². The molecule has 1 fully saturated rings. The summed E-state index contributed by atoms with van der Waals surface area (Å²) in [7, 11) is 0. The summed E-state index contributed by atoms with van der Waals surface area (Å²) in [6, 6.07) is 3.92. The third kappa shape index (κ3) is 1.58. The Balaban J connectivity index is 2.46. The van der Waals surface area contributed by atoms with Crippen LogP contribution < -0.4 is 5.32 Å². The predicted molar refractivity (Wildman–Crippen MR) is 63.5 cm³/mol. The molecular weight excluding hydrogens is 230 g/mol. The van der Waals surface area contributed by atoms with Crippen LogP contribution in [0, 0.1) is 0 Å². The highest BCUT2D eigenvalue weighted by Crippen LogP contribution is 2.45. The quantitative estimate of drug-likeness (QED) is 0.807. The van der Waals surface area contributed by atoms with E-state index in [0.29, 0.717) is 6.42 Å². The maximum Gasteiger partial charge on any atom is 0.221 e. The molecule has 1 N–H and O–H groups in total. The normalized spacial score (nSPS) is 29.2. The van der Waals surface area contributed by atoms with Crippen LogP contribution >= 0.6 is 22.9 Å². The van der Waals surface area contributed by atoms with Gasteiger partial charge < -0.3 is 5.32 Å². The third-order valence-corrected chi connectivity index (χ3v) is 4.96.